The van der Waals surface area contributed by atoms with Crippen molar-refractivity contribution >= 4 is 17.6 Å². The minimum Gasteiger partial charge on any atom is -0.406 e. The summed E-state index contributed by atoms with van der Waals surface area (Å²) < 4.78 is 18.1. The van der Waals surface area contributed by atoms with Crippen molar-refractivity contribution in [2.75, 3.05) is 5.32 Å². The van der Waals surface area contributed by atoms with Crippen LogP contribution in [0.25, 0.3) is 0 Å². The van der Waals surface area contributed by atoms with E-state index in [4.69, 9.17) is 16.0 Å². The summed E-state index contributed by atoms with van der Waals surface area (Å²) in [6.45, 7) is 3.67. The first-order valence-corrected chi connectivity index (χ1v) is 5.99. The lowest BCUT2D eigenvalue weighted by atomic mass is 10.1. The van der Waals surface area contributed by atoms with Crippen LogP contribution in [0.15, 0.2) is 28.7 Å². The molecule has 6 heteroatoms. The Morgan fingerprint density at radius 2 is 1.89 bits per heavy atom. The van der Waals surface area contributed by atoms with Crippen molar-refractivity contribution in [1.82, 2.24) is 10.2 Å². The predicted molar refractivity (Wildman–Crippen MR) is 67.0 cm³/mol. The van der Waals surface area contributed by atoms with Crippen molar-refractivity contribution in [3.63, 3.8) is 0 Å². The van der Waals surface area contributed by atoms with Crippen LogP contribution in [0.5, 0.6) is 0 Å². The molecule has 0 saturated carbocycles. The van der Waals surface area contributed by atoms with Gasteiger partial charge in [-0.05, 0) is 31.5 Å². The standard InChI is InChI=1S/C12H13ClFN3O/c1-7(13)11-16-17-12(18-11)15-8(2)9-3-5-10(14)6-4-9/h3-8H,1-2H3,(H,15,17). The number of halogens is 2. The van der Waals surface area contributed by atoms with E-state index in [9.17, 15) is 4.39 Å². The van der Waals surface area contributed by atoms with Gasteiger partial charge < -0.3 is 9.73 Å². The molecule has 2 unspecified atom stereocenters. The Labute approximate surface area is 109 Å². The topological polar surface area (TPSA) is 51.0 Å². The maximum atomic E-state index is 12.8. The zero-order valence-electron chi connectivity index (χ0n) is 10.0. The number of nitrogens with one attached hydrogen (secondary N) is 1. The van der Waals surface area contributed by atoms with Gasteiger partial charge in [-0.3, -0.25) is 0 Å². The lowest BCUT2D eigenvalue weighted by molar-refractivity contribution is 0.501. The summed E-state index contributed by atoms with van der Waals surface area (Å²) in [7, 11) is 0. The van der Waals surface area contributed by atoms with Crippen LogP contribution in [0.4, 0.5) is 10.4 Å². The van der Waals surface area contributed by atoms with Gasteiger partial charge in [-0.2, -0.15) is 0 Å². The summed E-state index contributed by atoms with van der Waals surface area (Å²) in [6, 6.07) is 6.46. The van der Waals surface area contributed by atoms with E-state index in [0.29, 0.717) is 11.9 Å². The Morgan fingerprint density at radius 3 is 2.44 bits per heavy atom. The van der Waals surface area contributed by atoms with E-state index in [1.807, 2.05) is 6.92 Å². The number of nitrogens with zero attached hydrogens (tertiary/aromatic N) is 2. The molecule has 0 saturated heterocycles. The molecular formula is C12H13ClFN3O. The number of rotatable bonds is 4. The molecule has 1 aromatic heterocycles. The first-order chi connectivity index (χ1) is 8.56. The normalized spacial score (nSPS) is 14.2. The number of aromatic nitrogens is 2. The summed E-state index contributed by atoms with van der Waals surface area (Å²) >= 11 is 5.82. The molecule has 1 aromatic carbocycles. The minimum atomic E-state index is -0.325. The molecule has 0 aliphatic heterocycles. The zero-order valence-corrected chi connectivity index (χ0v) is 10.8. The second-order valence-corrected chi connectivity index (χ2v) is 4.63. The second-order valence-electron chi connectivity index (χ2n) is 3.98. The highest BCUT2D eigenvalue weighted by Crippen LogP contribution is 2.22. The van der Waals surface area contributed by atoms with Gasteiger partial charge in [0.25, 0.3) is 0 Å². The van der Waals surface area contributed by atoms with E-state index >= 15 is 0 Å². The monoisotopic (exact) mass is 269 g/mol. The highest BCUT2D eigenvalue weighted by molar-refractivity contribution is 6.20. The van der Waals surface area contributed by atoms with Gasteiger partial charge in [-0.15, -0.1) is 16.7 Å². The highest BCUT2D eigenvalue weighted by Gasteiger charge is 2.13. The summed E-state index contributed by atoms with van der Waals surface area (Å²) in [5, 5.41) is 10.3. The minimum absolute atomic E-state index is 0.0652. The first-order valence-electron chi connectivity index (χ1n) is 5.55. The van der Waals surface area contributed by atoms with Crippen LogP contribution in [0.1, 0.15) is 36.7 Å². The van der Waals surface area contributed by atoms with E-state index in [-0.39, 0.29) is 17.2 Å². The van der Waals surface area contributed by atoms with Crippen molar-refractivity contribution in [3.05, 3.63) is 41.5 Å². The number of alkyl halides is 1. The molecule has 18 heavy (non-hydrogen) atoms. The molecule has 0 fully saturated rings. The van der Waals surface area contributed by atoms with Gasteiger partial charge in [0.1, 0.15) is 11.2 Å². The van der Waals surface area contributed by atoms with Crippen LogP contribution in [0, 0.1) is 5.82 Å². The van der Waals surface area contributed by atoms with Gasteiger partial charge in [0.15, 0.2) is 0 Å². The average Bonchev–Trinajstić information content (AvgIpc) is 2.78. The zero-order chi connectivity index (χ0) is 13.1. The van der Waals surface area contributed by atoms with E-state index in [1.54, 1.807) is 19.1 Å². The molecule has 2 aromatic rings. The summed E-state index contributed by atoms with van der Waals surface area (Å²) in [6.07, 6.45) is 0. The van der Waals surface area contributed by atoms with Crippen LogP contribution in [-0.2, 0) is 0 Å². The van der Waals surface area contributed by atoms with E-state index in [1.165, 1.54) is 12.1 Å². The maximum Gasteiger partial charge on any atom is 0.315 e. The molecule has 4 nitrogen and oxygen atoms in total. The molecule has 1 heterocycles. The number of hydrogen-bond donors (Lipinski definition) is 1. The first kappa shape index (κ1) is 12.8. The Kier molecular flexibility index (Phi) is 3.81. The van der Waals surface area contributed by atoms with Gasteiger partial charge >= 0.3 is 6.01 Å². The Bertz CT molecular complexity index is 512. The van der Waals surface area contributed by atoms with Gasteiger partial charge in [-0.1, -0.05) is 17.2 Å². The fourth-order valence-electron chi connectivity index (χ4n) is 1.47. The van der Waals surface area contributed by atoms with Gasteiger partial charge in [-0.25, -0.2) is 4.39 Å². The van der Waals surface area contributed by atoms with Crippen molar-refractivity contribution in [2.45, 2.75) is 25.3 Å². The fraction of sp³-hybridized carbons (Fsp3) is 0.333. The van der Waals surface area contributed by atoms with Gasteiger partial charge in [0.05, 0.1) is 6.04 Å². The molecule has 1 N–H and O–H groups in total. The highest BCUT2D eigenvalue weighted by atomic mass is 35.5. The number of anilines is 1. The third-order valence-electron chi connectivity index (χ3n) is 2.49. The molecule has 2 rings (SSSR count). The molecule has 0 amide bonds. The smallest absolute Gasteiger partial charge is 0.315 e. The van der Waals surface area contributed by atoms with Crippen molar-refractivity contribution in [1.29, 1.82) is 0 Å². The summed E-state index contributed by atoms with van der Waals surface area (Å²) in [5.74, 6) is 0.104. The molecule has 0 radical (unpaired) electrons. The van der Waals surface area contributed by atoms with Crippen LogP contribution in [-0.4, -0.2) is 10.2 Å². The summed E-state index contributed by atoms with van der Waals surface area (Å²) in [5.41, 5.74) is 0.926. The molecule has 0 bridgehead atoms. The lowest BCUT2D eigenvalue weighted by Gasteiger charge is -2.11. The van der Waals surface area contributed by atoms with E-state index < -0.39 is 0 Å². The van der Waals surface area contributed by atoms with Crippen molar-refractivity contribution in [3.8, 4) is 0 Å². The van der Waals surface area contributed by atoms with Crippen molar-refractivity contribution in [2.24, 2.45) is 0 Å². The van der Waals surface area contributed by atoms with Crippen LogP contribution in [0.2, 0.25) is 0 Å². The maximum absolute atomic E-state index is 12.8. The van der Waals surface area contributed by atoms with Gasteiger partial charge in [0, 0.05) is 0 Å². The number of hydrogen-bond acceptors (Lipinski definition) is 4. The third kappa shape index (κ3) is 2.98. The second kappa shape index (κ2) is 5.35. The third-order valence-corrected chi connectivity index (χ3v) is 2.68. The van der Waals surface area contributed by atoms with E-state index in [2.05, 4.69) is 15.5 Å². The molecule has 96 valence electrons. The molecule has 0 spiro atoms. The quantitative estimate of drug-likeness (QED) is 0.860. The summed E-state index contributed by atoms with van der Waals surface area (Å²) in [4.78, 5) is 0. The van der Waals surface area contributed by atoms with Crippen LogP contribution in [0.3, 0.4) is 0 Å². The Balaban J connectivity index is 2.06. The number of benzene rings is 1. The van der Waals surface area contributed by atoms with Crippen molar-refractivity contribution < 1.29 is 8.81 Å². The Hall–Kier alpha value is -1.62. The largest absolute Gasteiger partial charge is 0.406 e. The molecule has 0 aliphatic rings. The molecular weight excluding hydrogens is 257 g/mol. The van der Waals surface area contributed by atoms with Crippen LogP contribution >= 0.6 is 11.6 Å². The van der Waals surface area contributed by atoms with Crippen LogP contribution < -0.4 is 5.32 Å². The predicted octanol–water partition coefficient (Wildman–Crippen LogP) is 3.68. The fourth-order valence-corrected chi connectivity index (χ4v) is 1.56. The van der Waals surface area contributed by atoms with E-state index in [0.717, 1.165) is 5.56 Å². The molecule has 0 aliphatic carbocycles. The SMILES string of the molecule is CC(Cl)c1nnc(NC(C)c2ccc(F)cc2)o1. The lowest BCUT2D eigenvalue weighted by Crippen LogP contribution is -2.06. The molecule has 2 atom stereocenters. The Morgan fingerprint density at radius 1 is 1.22 bits per heavy atom. The average molecular weight is 270 g/mol. The van der Waals surface area contributed by atoms with Gasteiger partial charge in [0.2, 0.25) is 5.89 Å².